The van der Waals surface area contributed by atoms with E-state index in [2.05, 4.69) is 5.32 Å². The van der Waals surface area contributed by atoms with Gasteiger partial charge in [0.05, 0.1) is 26.3 Å². The Balaban J connectivity index is 1.86. The van der Waals surface area contributed by atoms with Crippen molar-refractivity contribution in [2.75, 3.05) is 13.7 Å². The number of nitrogens with one attached hydrogen (secondary N) is 1. The lowest BCUT2D eigenvalue weighted by Gasteiger charge is -2.11. The number of rotatable bonds is 6. The first-order chi connectivity index (χ1) is 9.70. The van der Waals surface area contributed by atoms with Crippen molar-refractivity contribution in [2.45, 2.75) is 12.5 Å². The van der Waals surface area contributed by atoms with Crippen LogP contribution in [-0.4, -0.2) is 24.7 Å². The summed E-state index contributed by atoms with van der Waals surface area (Å²) in [6, 6.07) is 10.7. The monoisotopic (exact) mass is 275 g/mol. The molecule has 1 aromatic heterocycles. The third kappa shape index (κ3) is 3.61. The standard InChI is InChI=1S/C15H17NO4/c1-19-13-6-3-2-5-11(13)9-15(18)16-10-12(17)14-7-4-8-20-14/h2-8,12,17H,9-10H2,1H3,(H,16,18). The van der Waals surface area contributed by atoms with Crippen LogP contribution >= 0.6 is 0 Å². The number of furan rings is 1. The van der Waals surface area contributed by atoms with Crippen LogP contribution in [0.25, 0.3) is 0 Å². The first-order valence-corrected chi connectivity index (χ1v) is 6.30. The van der Waals surface area contributed by atoms with Gasteiger partial charge in [0.1, 0.15) is 17.6 Å². The van der Waals surface area contributed by atoms with Crippen LogP contribution in [0.15, 0.2) is 47.1 Å². The second-order valence-electron chi connectivity index (χ2n) is 4.32. The molecule has 1 amide bonds. The highest BCUT2D eigenvalue weighted by molar-refractivity contribution is 5.79. The van der Waals surface area contributed by atoms with Crippen molar-refractivity contribution in [3.8, 4) is 5.75 Å². The molecule has 106 valence electrons. The largest absolute Gasteiger partial charge is 0.496 e. The molecule has 5 heteroatoms. The van der Waals surface area contributed by atoms with Crippen molar-refractivity contribution < 1.29 is 19.1 Å². The number of aliphatic hydroxyl groups excluding tert-OH is 1. The Bertz CT molecular complexity index is 551. The third-order valence-electron chi connectivity index (χ3n) is 2.91. The summed E-state index contributed by atoms with van der Waals surface area (Å²) < 4.78 is 10.2. The number of hydrogen-bond acceptors (Lipinski definition) is 4. The van der Waals surface area contributed by atoms with E-state index in [9.17, 15) is 9.90 Å². The predicted molar refractivity (Wildman–Crippen MR) is 73.4 cm³/mol. The van der Waals surface area contributed by atoms with E-state index in [0.717, 1.165) is 5.56 Å². The molecule has 1 atom stereocenters. The molecular weight excluding hydrogens is 258 g/mol. The maximum absolute atomic E-state index is 11.8. The zero-order valence-corrected chi connectivity index (χ0v) is 11.2. The number of hydrogen-bond donors (Lipinski definition) is 2. The Morgan fingerprint density at radius 1 is 1.35 bits per heavy atom. The summed E-state index contributed by atoms with van der Waals surface area (Å²) in [6.45, 7) is 0.113. The Morgan fingerprint density at radius 3 is 2.85 bits per heavy atom. The maximum atomic E-state index is 11.8. The third-order valence-corrected chi connectivity index (χ3v) is 2.91. The van der Waals surface area contributed by atoms with Crippen LogP contribution in [0.3, 0.4) is 0 Å². The lowest BCUT2D eigenvalue weighted by Crippen LogP contribution is -2.29. The van der Waals surface area contributed by atoms with Crippen LogP contribution in [-0.2, 0) is 11.2 Å². The van der Waals surface area contributed by atoms with E-state index in [4.69, 9.17) is 9.15 Å². The van der Waals surface area contributed by atoms with E-state index in [0.29, 0.717) is 11.5 Å². The summed E-state index contributed by atoms with van der Waals surface area (Å²) >= 11 is 0. The lowest BCUT2D eigenvalue weighted by atomic mass is 10.1. The minimum Gasteiger partial charge on any atom is -0.496 e. The molecule has 0 aliphatic rings. The summed E-state index contributed by atoms with van der Waals surface area (Å²) in [5, 5.41) is 12.5. The van der Waals surface area contributed by atoms with Gasteiger partial charge in [0.2, 0.25) is 5.91 Å². The Labute approximate surface area is 117 Å². The second-order valence-corrected chi connectivity index (χ2v) is 4.32. The molecule has 0 aliphatic heterocycles. The van der Waals surface area contributed by atoms with Gasteiger partial charge in [0.25, 0.3) is 0 Å². The molecular formula is C15H17NO4. The topological polar surface area (TPSA) is 71.7 Å². The molecule has 0 spiro atoms. The van der Waals surface area contributed by atoms with E-state index in [1.165, 1.54) is 6.26 Å². The molecule has 2 rings (SSSR count). The molecule has 0 fully saturated rings. The van der Waals surface area contributed by atoms with Crippen molar-refractivity contribution in [1.82, 2.24) is 5.32 Å². The second kappa shape index (κ2) is 6.77. The molecule has 0 bridgehead atoms. The van der Waals surface area contributed by atoms with Gasteiger partial charge < -0.3 is 19.6 Å². The van der Waals surface area contributed by atoms with E-state index < -0.39 is 6.10 Å². The highest BCUT2D eigenvalue weighted by atomic mass is 16.5. The summed E-state index contributed by atoms with van der Waals surface area (Å²) in [5.41, 5.74) is 0.806. The molecule has 5 nitrogen and oxygen atoms in total. The number of carbonyl (C=O) groups is 1. The predicted octanol–water partition coefficient (Wildman–Crippen LogP) is 1.68. The summed E-state index contributed by atoms with van der Waals surface area (Å²) in [6.07, 6.45) is 0.844. The first kappa shape index (κ1) is 14.1. The number of ether oxygens (including phenoxy) is 1. The van der Waals surface area contributed by atoms with Gasteiger partial charge in [-0.2, -0.15) is 0 Å². The Kier molecular flexibility index (Phi) is 4.79. The molecule has 0 radical (unpaired) electrons. The van der Waals surface area contributed by atoms with E-state index in [1.807, 2.05) is 18.2 Å². The van der Waals surface area contributed by atoms with Gasteiger partial charge in [-0.25, -0.2) is 0 Å². The smallest absolute Gasteiger partial charge is 0.224 e. The minimum atomic E-state index is -0.841. The van der Waals surface area contributed by atoms with Crippen LogP contribution in [0.2, 0.25) is 0 Å². The van der Waals surface area contributed by atoms with Crippen LogP contribution < -0.4 is 10.1 Å². The molecule has 2 N–H and O–H groups in total. The number of methoxy groups -OCH3 is 1. The fraction of sp³-hybridized carbons (Fsp3) is 0.267. The Morgan fingerprint density at radius 2 is 2.15 bits per heavy atom. The van der Waals surface area contributed by atoms with Gasteiger partial charge in [0.15, 0.2) is 0 Å². The van der Waals surface area contributed by atoms with E-state index in [-0.39, 0.29) is 18.9 Å². The van der Waals surface area contributed by atoms with Gasteiger partial charge in [0, 0.05) is 5.56 Å². The normalized spacial score (nSPS) is 11.9. The van der Waals surface area contributed by atoms with Crippen molar-refractivity contribution >= 4 is 5.91 Å². The summed E-state index contributed by atoms with van der Waals surface area (Å²) in [4.78, 5) is 11.8. The zero-order chi connectivity index (χ0) is 14.4. The van der Waals surface area contributed by atoms with Crippen LogP contribution in [0.5, 0.6) is 5.75 Å². The minimum absolute atomic E-state index is 0.113. The zero-order valence-electron chi connectivity index (χ0n) is 11.2. The van der Waals surface area contributed by atoms with Crippen LogP contribution in [0.1, 0.15) is 17.4 Å². The van der Waals surface area contributed by atoms with E-state index >= 15 is 0 Å². The van der Waals surface area contributed by atoms with Crippen molar-refractivity contribution in [3.05, 3.63) is 54.0 Å². The molecule has 0 aliphatic carbocycles. The average Bonchev–Trinajstić information content (AvgIpc) is 2.99. The van der Waals surface area contributed by atoms with Crippen LogP contribution in [0.4, 0.5) is 0 Å². The number of amides is 1. The maximum Gasteiger partial charge on any atom is 0.224 e. The molecule has 0 saturated carbocycles. The molecule has 20 heavy (non-hydrogen) atoms. The summed E-state index contributed by atoms with van der Waals surface area (Å²) in [5.74, 6) is 0.928. The average molecular weight is 275 g/mol. The van der Waals surface area contributed by atoms with Gasteiger partial charge >= 0.3 is 0 Å². The Hall–Kier alpha value is -2.27. The molecule has 2 aromatic rings. The van der Waals surface area contributed by atoms with E-state index in [1.54, 1.807) is 25.3 Å². The van der Waals surface area contributed by atoms with Gasteiger partial charge in [-0.05, 0) is 18.2 Å². The fourth-order valence-electron chi connectivity index (χ4n) is 1.88. The van der Waals surface area contributed by atoms with Gasteiger partial charge in [-0.15, -0.1) is 0 Å². The SMILES string of the molecule is COc1ccccc1CC(=O)NCC(O)c1ccco1. The van der Waals surface area contributed by atoms with Crippen LogP contribution in [0, 0.1) is 0 Å². The molecule has 1 aromatic carbocycles. The summed E-state index contributed by atoms with van der Waals surface area (Å²) in [7, 11) is 1.57. The fourth-order valence-corrected chi connectivity index (χ4v) is 1.88. The van der Waals surface area contributed by atoms with Crippen molar-refractivity contribution in [2.24, 2.45) is 0 Å². The highest BCUT2D eigenvalue weighted by Crippen LogP contribution is 2.17. The number of aliphatic hydroxyl groups is 1. The van der Waals surface area contributed by atoms with Crippen molar-refractivity contribution in [3.63, 3.8) is 0 Å². The van der Waals surface area contributed by atoms with Gasteiger partial charge in [-0.3, -0.25) is 4.79 Å². The number of carbonyl (C=O) groups excluding carboxylic acids is 1. The lowest BCUT2D eigenvalue weighted by molar-refractivity contribution is -0.121. The van der Waals surface area contributed by atoms with Crippen molar-refractivity contribution in [1.29, 1.82) is 0 Å². The highest BCUT2D eigenvalue weighted by Gasteiger charge is 2.13. The van der Waals surface area contributed by atoms with Gasteiger partial charge in [-0.1, -0.05) is 18.2 Å². The first-order valence-electron chi connectivity index (χ1n) is 6.30. The molecule has 0 saturated heterocycles. The molecule has 1 heterocycles. The molecule has 1 unspecified atom stereocenters. The quantitative estimate of drug-likeness (QED) is 0.841. The number of benzene rings is 1. The number of para-hydroxylation sites is 1.